The quantitative estimate of drug-likeness (QED) is 0.428. The van der Waals surface area contributed by atoms with Crippen molar-refractivity contribution in [2.75, 3.05) is 22.7 Å². The van der Waals surface area contributed by atoms with E-state index in [2.05, 4.69) is 28.7 Å². The summed E-state index contributed by atoms with van der Waals surface area (Å²) in [6.45, 7) is 4.41. The standard InChI is InChI=1S/C24H30F3N3O2S2/c1-2-29-15-5-6-19-16-18(9-14-23(19)29)17-30(21-7-3-4-8-21)34(31,32)22-12-10-20(11-13-22)28-33-24(25,26)27/h9-14,16,21,28H,2-8,15,17H2,1H3. The summed E-state index contributed by atoms with van der Waals surface area (Å²) in [5.74, 6) is 0. The van der Waals surface area contributed by atoms with E-state index < -0.39 is 15.5 Å². The first kappa shape index (κ1) is 25.2. The van der Waals surface area contributed by atoms with Crippen molar-refractivity contribution in [3.63, 3.8) is 0 Å². The highest BCUT2D eigenvalue weighted by molar-refractivity contribution is 8.01. The lowest BCUT2D eigenvalue weighted by Gasteiger charge is -2.32. The molecular formula is C24H30F3N3O2S2. The predicted octanol–water partition coefficient (Wildman–Crippen LogP) is 6.17. The number of aryl methyl sites for hydroxylation is 1. The monoisotopic (exact) mass is 513 g/mol. The molecule has 0 radical (unpaired) electrons. The highest BCUT2D eigenvalue weighted by Crippen LogP contribution is 2.34. The summed E-state index contributed by atoms with van der Waals surface area (Å²) in [6.07, 6.45) is 5.68. The van der Waals surface area contributed by atoms with Gasteiger partial charge in [0.2, 0.25) is 10.0 Å². The van der Waals surface area contributed by atoms with E-state index in [-0.39, 0.29) is 35.1 Å². The number of benzene rings is 2. The zero-order chi connectivity index (χ0) is 24.3. The van der Waals surface area contributed by atoms with Crippen LogP contribution in [0.3, 0.4) is 0 Å². The smallest absolute Gasteiger partial charge is 0.372 e. The molecule has 0 amide bonds. The molecule has 1 saturated carbocycles. The molecular weight excluding hydrogens is 483 g/mol. The van der Waals surface area contributed by atoms with Crippen LogP contribution < -0.4 is 9.62 Å². The summed E-state index contributed by atoms with van der Waals surface area (Å²) in [4.78, 5) is 2.44. The first-order valence-electron chi connectivity index (χ1n) is 11.7. The number of fused-ring (bicyclic) bond motifs is 1. The van der Waals surface area contributed by atoms with Crippen molar-refractivity contribution >= 4 is 33.3 Å². The van der Waals surface area contributed by atoms with Crippen LogP contribution in [0.5, 0.6) is 0 Å². The normalized spacial score (nSPS) is 17.3. The fraction of sp³-hybridized carbons (Fsp3) is 0.500. The number of rotatable bonds is 8. The summed E-state index contributed by atoms with van der Waals surface area (Å²) < 4.78 is 68.4. The van der Waals surface area contributed by atoms with E-state index in [0.717, 1.165) is 57.2 Å². The van der Waals surface area contributed by atoms with Gasteiger partial charge in [0.1, 0.15) is 0 Å². The molecule has 186 valence electrons. The molecule has 10 heteroatoms. The molecule has 1 aliphatic carbocycles. The molecule has 0 unspecified atom stereocenters. The van der Waals surface area contributed by atoms with Crippen LogP contribution in [0.25, 0.3) is 0 Å². The Bertz CT molecular complexity index is 1090. The number of anilines is 2. The third-order valence-corrected chi connectivity index (χ3v) is 9.04. The Kier molecular flexibility index (Phi) is 7.69. The van der Waals surface area contributed by atoms with Crippen LogP contribution in [-0.4, -0.2) is 37.4 Å². The third-order valence-electron chi connectivity index (χ3n) is 6.56. The van der Waals surface area contributed by atoms with Gasteiger partial charge < -0.3 is 9.62 Å². The van der Waals surface area contributed by atoms with E-state index in [1.54, 1.807) is 4.31 Å². The van der Waals surface area contributed by atoms with Crippen LogP contribution in [0.2, 0.25) is 0 Å². The van der Waals surface area contributed by atoms with Crippen LogP contribution >= 0.6 is 11.9 Å². The summed E-state index contributed by atoms with van der Waals surface area (Å²) in [5.41, 5.74) is -0.775. The molecule has 2 aliphatic rings. The maximum absolute atomic E-state index is 13.7. The minimum absolute atomic E-state index is 0.0771. The fourth-order valence-electron chi connectivity index (χ4n) is 4.88. The molecule has 2 aromatic rings. The maximum atomic E-state index is 13.7. The maximum Gasteiger partial charge on any atom is 0.461 e. The van der Waals surface area contributed by atoms with E-state index >= 15 is 0 Å². The minimum atomic E-state index is -4.42. The highest BCUT2D eigenvalue weighted by Gasteiger charge is 2.34. The van der Waals surface area contributed by atoms with Gasteiger partial charge in [-0.25, -0.2) is 8.42 Å². The molecule has 1 aliphatic heterocycles. The van der Waals surface area contributed by atoms with E-state index in [1.807, 2.05) is 6.07 Å². The van der Waals surface area contributed by atoms with Crippen molar-refractivity contribution in [1.29, 1.82) is 0 Å². The Morgan fingerprint density at radius 3 is 2.44 bits per heavy atom. The number of alkyl halides is 3. The van der Waals surface area contributed by atoms with Crippen molar-refractivity contribution in [2.45, 2.75) is 68.4 Å². The van der Waals surface area contributed by atoms with Gasteiger partial charge in [-0.2, -0.15) is 17.5 Å². The summed E-state index contributed by atoms with van der Waals surface area (Å²) in [7, 11) is -3.81. The van der Waals surface area contributed by atoms with Crippen molar-refractivity contribution in [3.8, 4) is 0 Å². The van der Waals surface area contributed by atoms with Crippen LogP contribution in [0.1, 0.15) is 50.2 Å². The summed E-state index contributed by atoms with van der Waals surface area (Å²) >= 11 is -0.372. The summed E-state index contributed by atoms with van der Waals surface area (Å²) in [6, 6.07) is 11.7. The SMILES string of the molecule is CCN1CCCc2cc(CN(C3CCCC3)S(=O)(=O)c3ccc(NSC(F)(F)F)cc3)ccc21. The predicted molar refractivity (Wildman–Crippen MR) is 131 cm³/mol. The van der Waals surface area contributed by atoms with Crippen LogP contribution in [-0.2, 0) is 23.0 Å². The molecule has 0 bridgehead atoms. The summed E-state index contributed by atoms with van der Waals surface area (Å²) in [5, 5.41) is 0. The van der Waals surface area contributed by atoms with E-state index in [9.17, 15) is 21.6 Å². The second-order valence-electron chi connectivity index (χ2n) is 8.81. The van der Waals surface area contributed by atoms with Gasteiger partial charge in [-0.15, -0.1) is 0 Å². The topological polar surface area (TPSA) is 52.7 Å². The molecule has 0 atom stereocenters. The zero-order valence-electron chi connectivity index (χ0n) is 19.1. The van der Waals surface area contributed by atoms with Gasteiger partial charge in [-0.1, -0.05) is 25.0 Å². The van der Waals surface area contributed by atoms with Crippen molar-refractivity contribution < 1.29 is 21.6 Å². The molecule has 0 saturated heterocycles. The fourth-order valence-corrected chi connectivity index (χ4v) is 6.93. The zero-order valence-corrected chi connectivity index (χ0v) is 20.8. The number of sulfonamides is 1. The van der Waals surface area contributed by atoms with Gasteiger partial charge in [-0.05, 0) is 74.1 Å². The molecule has 1 N–H and O–H groups in total. The number of nitrogens with zero attached hydrogens (tertiary/aromatic N) is 2. The highest BCUT2D eigenvalue weighted by atomic mass is 32.2. The molecule has 2 aromatic carbocycles. The third kappa shape index (κ3) is 5.83. The molecule has 0 spiro atoms. The molecule has 1 fully saturated rings. The number of nitrogens with one attached hydrogen (secondary N) is 1. The Labute approximate surface area is 203 Å². The Morgan fingerprint density at radius 1 is 1.09 bits per heavy atom. The van der Waals surface area contributed by atoms with Crippen molar-refractivity contribution in [1.82, 2.24) is 4.31 Å². The van der Waals surface area contributed by atoms with Crippen molar-refractivity contribution in [2.24, 2.45) is 0 Å². The lowest BCUT2D eigenvalue weighted by atomic mass is 9.99. The first-order valence-corrected chi connectivity index (χ1v) is 13.9. The van der Waals surface area contributed by atoms with Gasteiger partial charge in [0.05, 0.1) is 16.8 Å². The van der Waals surface area contributed by atoms with Crippen molar-refractivity contribution in [3.05, 3.63) is 53.6 Å². The van der Waals surface area contributed by atoms with E-state index in [4.69, 9.17) is 0 Å². The number of hydrogen-bond acceptors (Lipinski definition) is 5. The van der Waals surface area contributed by atoms with Crippen LogP contribution in [0, 0.1) is 0 Å². The Hall–Kier alpha value is -1.91. The van der Waals surface area contributed by atoms with Gasteiger partial charge in [-0.3, -0.25) is 0 Å². The molecule has 5 nitrogen and oxygen atoms in total. The van der Waals surface area contributed by atoms with E-state index in [1.165, 1.54) is 35.5 Å². The van der Waals surface area contributed by atoms with Gasteiger partial charge in [0.15, 0.2) is 0 Å². The van der Waals surface area contributed by atoms with Crippen LogP contribution in [0.4, 0.5) is 24.5 Å². The molecule has 4 rings (SSSR count). The second kappa shape index (κ2) is 10.4. The second-order valence-corrected chi connectivity index (χ2v) is 11.6. The first-order chi connectivity index (χ1) is 16.2. The van der Waals surface area contributed by atoms with E-state index in [0.29, 0.717) is 0 Å². The van der Waals surface area contributed by atoms with Gasteiger partial charge >= 0.3 is 5.51 Å². The number of hydrogen-bond donors (Lipinski definition) is 1. The van der Waals surface area contributed by atoms with Crippen LogP contribution in [0.15, 0.2) is 47.4 Å². The average molecular weight is 514 g/mol. The largest absolute Gasteiger partial charge is 0.461 e. The molecule has 1 heterocycles. The molecule has 0 aromatic heterocycles. The lowest BCUT2D eigenvalue weighted by molar-refractivity contribution is -0.0323. The minimum Gasteiger partial charge on any atom is -0.372 e. The average Bonchev–Trinajstić information content (AvgIpc) is 3.35. The van der Waals surface area contributed by atoms with Gasteiger partial charge in [0, 0.05) is 37.1 Å². The Balaban J connectivity index is 1.57. The number of halogens is 3. The lowest BCUT2D eigenvalue weighted by Crippen LogP contribution is -2.38. The van der Waals surface area contributed by atoms with Gasteiger partial charge in [0.25, 0.3) is 0 Å². The molecule has 34 heavy (non-hydrogen) atoms. The Morgan fingerprint density at radius 2 is 1.79 bits per heavy atom.